The van der Waals surface area contributed by atoms with Gasteiger partial charge in [0, 0.05) is 18.0 Å². The van der Waals surface area contributed by atoms with Crippen molar-refractivity contribution in [3.63, 3.8) is 0 Å². The van der Waals surface area contributed by atoms with E-state index in [1.54, 1.807) is 6.07 Å². The topological polar surface area (TPSA) is 52.6 Å². The first-order valence-electron chi connectivity index (χ1n) is 6.65. The number of nitrogens with zero attached hydrogens (tertiary/aromatic N) is 1. The zero-order valence-electron chi connectivity index (χ0n) is 12.1. The number of amides is 1. The Morgan fingerprint density at radius 3 is 2.65 bits per heavy atom. The maximum absolute atomic E-state index is 12.2. The third-order valence-electron chi connectivity index (χ3n) is 3.16. The van der Waals surface area contributed by atoms with Gasteiger partial charge in [0.1, 0.15) is 5.75 Å². The van der Waals surface area contributed by atoms with E-state index in [-0.39, 0.29) is 17.7 Å². The molecule has 0 aliphatic carbocycles. The van der Waals surface area contributed by atoms with Gasteiger partial charge in [0.05, 0.1) is 5.56 Å². The van der Waals surface area contributed by atoms with Gasteiger partial charge in [-0.25, -0.2) is 0 Å². The van der Waals surface area contributed by atoms with Crippen LogP contribution in [0.5, 0.6) is 5.75 Å². The Morgan fingerprint density at radius 1 is 1.25 bits per heavy atom. The number of hydrogen-bond donors (Lipinski definition) is 2. The van der Waals surface area contributed by atoms with Crippen molar-refractivity contribution in [2.45, 2.75) is 13.0 Å². The van der Waals surface area contributed by atoms with Crippen molar-refractivity contribution in [2.24, 2.45) is 0 Å². The maximum atomic E-state index is 12.2. The summed E-state index contributed by atoms with van der Waals surface area (Å²) in [7, 11) is 3.91. The summed E-state index contributed by atoms with van der Waals surface area (Å²) in [5, 5.41) is 14.8. The maximum Gasteiger partial charge on any atom is 0.255 e. The lowest BCUT2D eigenvalue weighted by atomic mass is 10.0. The second kappa shape index (κ2) is 5.92. The number of aromatic hydroxyl groups is 1. The van der Waals surface area contributed by atoms with Crippen LogP contribution >= 0.6 is 0 Å². The summed E-state index contributed by atoms with van der Waals surface area (Å²) in [4.78, 5) is 14.2. The van der Waals surface area contributed by atoms with Gasteiger partial charge in [-0.05, 0) is 32.5 Å². The summed E-state index contributed by atoms with van der Waals surface area (Å²) in [6.07, 6.45) is 0. The third-order valence-corrected chi connectivity index (χ3v) is 3.16. The molecule has 1 atom stereocenters. The van der Waals surface area contributed by atoms with Gasteiger partial charge in [-0.15, -0.1) is 0 Å². The molecule has 0 saturated carbocycles. The van der Waals surface area contributed by atoms with Crippen molar-refractivity contribution in [1.29, 1.82) is 0 Å². The molecule has 0 saturated heterocycles. The van der Waals surface area contributed by atoms with Gasteiger partial charge in [-0.2, -0.15) is 0 Å². The van der Waals surface area contributed by atoms with E-state index in [0.717, 1.165) is 11.9 Å². The molecular formula is C16H20N2O2. The van der Waals surface area contributed by atoms with Crippen LogP contribution in [0.3, 0.4) is 0 Å². The van der Waals surface area contributed by atoms with Crippen LogP contribution in [0.15, 0.2) is 36.4 Å². The molecule has 0 fully saturated rings. The molecule has 2 rings (SSSR count). The fourth-order valence-corrected chi connectivity index (χ4v) is 2.33. The number of benzene rings is 2. The van der Waals surface area contributed by atoms with E-state index in [4.69, 9.17) is 0 Å². The highest BCUT2D eigenvalue weighted by Crippen LogP contribution is 2.28. The van der Waals surface area contributed by atoms with Crippen LogP contribution in [0.2, 0.25) is 0 Å². The summed E-state index contributed by atoms with van der Waals surface area (Å²) in [6.45, 7) is 2.69. The smallest absolute Gasteiger partial charge is 0.255 e. The molecule has 20 heavy (non-hydrogen) atoms. The van der Waals surface area contributed by atoms with Crippen molar-refractivity contribution >= 4 is 16.7 Å². The molecular weight excluding hydrogens is 252 g/mol. The molecule has 0 heterocycles. The van der Waals surface area contributed by atoms with Crippen molar-refractivity contribution in [2.75, 3.05) is 20.6 Å². The molecule has 1 amide bonds. The van der Waals surface area contributed by atoms with Crippen LogP contribution in [0.1, 0.15) is 17.3 Å². The minimum atomic E-state index is -0.248. The number of rotatable bonds is 4. The highest BCUT2D eigenvalue weighted by Gasteiger charge is 2.15. The molecule has 0 bridgehead atoms. The summed E-state index contributed by atoms with van der Waals surface area (Å²) in [5.74, 6) is -0.208. The van der Waals surface area contributed by atoms with E-state index >= 15 is 0 Å². The normalized spacial score (nSPS) is 12.6. The quantitative estimate of drug-likeness (QED) is 0.897. The van der Waals surface area contributed by atoms with Gasteiger partial charge in [0.15, 0.2) is 0 Å². The molecule has 0 radical (unpaired) electrons. The van der Waals surface area contributed by atoms with E-state index in [1.807, 2.05) is 56.3 Å². The average Bonchev–Trinajstić information content (AvgIpc) is 2.38. The van der Waals surface area contributed by atoms with Gasteiger partial charge in [0.2, 0.25) is 0 Å². The summed E-state index contributed by atoms with van der Waals surface area (Å²) in [6, 6.07) is 11.0. The highest BCUT2D eigenvalue weighted by molar-refractivity contribution is 6.03. The lowest BCUT2D eigenvalue weighted by molar-refractivity contribution is 0.0932. The van der Waals surface area contributed by atoms with Gasteiger partial charge in [-0.3, -0.25) is 4.79 Å². The van der Waals surface area contributed by atoms with Gasteiger partial charge >= 0.3 is 0 Å². The van der Waals surface area contributed by atoms with Gasteiger partial charge in [-0.1, -0.05) is 30.3 Å². The van der Waals surface area contributed by atoms with E-state index in [9.17, 15) is 9.90 Å². The van der Waals surface area contributed by atoms with Crippen LogP contribution in [-0.4, -0.2) is 42.6 Å². The van der Waals surface area contributed by atoms with Crippen molar-refractivity contribution in [3.8, 4) is 5.75 Å². The number of likely N-dealkylation sites (N-methyl/N-ethyl adjacent to an activating group) is 1. The van der Waals surface area contributed by atoms with Crippen LogP contribution in [0.25, 0.3) is 10.8 Å². The number of hydrogen-bond acceptors (Lipinski definition) is 3. The zero-order chi connectivity index (χ0) is 14.7. The second-order valence-corrected chi connectivity index (χ2v) is 5.32. The van der Waals surface area contributed by atoms with Gasteiger partial charge in [0.25, 0.3) is 5.91 Å². The SMILES string of the molecule is CC(CN(C)C)NC(=O)c1ccc2ccccc2c1O. The van der Waals surface area contributed by atoms with E-state index in [1.165, 1.54) is 0 Å². The largest absolute Gasteiger partial charge is 0.506 e. The fraction of sp³-hybridized carbons (Fsp3) is 0.312. The third kappa shape index (κ3) is 3.08. The van der Waals surface area contributed by atoms with Crippen molar-refractivity contribution in [1.82, 2.24) is 10.2 Å². The van der Waals surface area contributed by atoms with Crippen LogP contribution in [0.4, 0.5) is 0 Å². The molecule has 0 aromatic heterocycles. The van der Waals surface area contributed by atoms with E-state index in [2.05, 4.69) is 5.32 Å². The standard InChI is InChI=1S/C16H20N2O2/c1-11(10-18(2)3)17-16(20)14-9-8-12-6-4-5-7-13(12)15(14)19/h4-9,11,19H,10H2,1-3H3,(H,17,20). The number of fused-ring (bicyclic) bond motifs is 1. The Labute approximate surface area is 119 Å². The molecule has 4 nitrogen and oxygen atoms in total. The Morgan fingerprint density at radius 2 is 1.95 bits per heavy atom. The first-order valence-corrected chi connectivity index (χ1v) is 6.65. The lowest BCUT2D eigenvalue weighted by Gasteiger charge is -2.18. The Hall–Kier alpha value is -2.07. The fourth-order valence-electron chi connectivity index (χ4n) is 2.33. The van der Waals surface area contributed by atoms with Crippen LogP contribution in [0, 0.1) is 0 Å². The molecule has 2 N–H and O–H groups in total. The second-order valence-electron chi connectivity index (χ2n) is 5.32. The number of carbonyl (C=O) groups excluding carboxylic acids is 1. The number of phenols is 1. The lowest BCUT2D eigenvalue weighted by Crippen LogP contribution is -2.39. The van der Waals surface area contributed by atoms with E-state index in [0.29, 0.717) is 10.9 Å². The number of carbonyl (C=O) groups is 1. The Bertz CT molecular complexity index is 623. The molecule has 2 aromatic rings. The minimum absolute atomic E-state index is 0.0170. The first kappa shape index (κ1) is 14.3. The van der Waals surface area contributed by atoms with Crippen LogP contribution in [-0.2, 0) is 0 Å². The number of nitrogens with one attached hydrogen (secondary N) is 1. The predicted octanol–water partition coefficient (Wildman–Crippen LogP) is 2.23. The molecule has 1 unspecified atom stereocenters. The molecule has 4 heteroatoms. The summed E-state index contributed by atoms with van der Waals surface area (Å²) >= 11 is 0. The first-order chi connectivity index (χ1) is 9.49. The van der Waals surface area contributed by atoms with E-state index < -0.39 is 0 Å². The Balaban J connectivity index is 2.24. The van der Waals surface area contributed by atoms with Crippen LogP contribution < -0.4 is 5.32 Å². The van der Waals surface area contributed by atoms with Gasteiger partial charge < -0.3 is 15.3 Å². The summed E-state index contributed by atoms with van der Waals surface area (Å²) in [5.41, 5.74) is 0.314. The molecule has 106 valence electrons. The summed E-state index contributed by atoms with van der Waals surface area (Å²) < 4.78 is 0. The molecule has 0 aliphatic heterocycles. The predicted molar refractivity (Wildman–Crippen MR) is 81.1 cm³/mol. The average molecular weight is 272 g/mol. The van der Waals surface area contributed by atoms with Crippen molar-refractivity contribution in [3.05, 3.63) is 42.0 Å². The minimum Gasteiger partial charge on any atom is -0.506 e. The number of phenolic OH excluding ortho intramolecular Hbond substituents is 1. The monoisotopic (exact) mass is 272 g/mol. The molecule has 2 aromatic carbocycles. The molecule has 0 spiro atoms. The van der Waals surface area contributed by atoms with Crippen molar-refractivity contribution < 1.29 is 9.90 Å². The zero-order valence-corrected chi connectivity index (χ0v) is 12.1. The Kier molecular flexibility index (Phi) is 4.25. The highest BCUT2D eigenvalue weighted by atomic mass is 16.3. The molecule has 0 aliphatic rings.